The first kappa shape index (κ1) is 23.8. The van der Waals surface area contributed by atoms with Gasteiger partial charge in [-0.15, -0.1) is 0 Å². The molecule has 4 aromatic rings. The minimum atomic E-state index is -4.28. The van der Waals surface area contributed by atoms with E-state index in [-0.39, 0.29) is 6.10 Å². The second-order valence-electron chi connectivity index (χ2n) is 8.85. The van der Waals surface area contributed by atoms with Gasteiger partial charge in [-0.05, 0) is 52.9 Å². The summed E-state index contributed by atoms with van der Waals surface area (Å²) in [5.74, 6) is 0.631. The minimum absolute atomic E-state index is 0.294. The molecule has 0 bridgehead atoms. The summed E-state index contributed by atoms with van der Waals surface area (Å²) in [6, 6.07) is 23.6. The molecule has 5 rings (SSSR count). The van der Waals surface area contributed by atoms with Crippen LogP contribution in [0.25, 0.3) is 33.0 Å². The van der Waals surface area contributed by atoms with Gasteiger partial charge in [0.1, 0.15) is 5.75 Å². The molecule has 1 heterocycles. The van der Waals surface area contributed by atoms with Crippen LogP contribution >= 0.6 is 7.60 Å². The van der Waals surface area contributed by atoms with E-state index in [9.17, 15) is 9.46 Å². The van der Waals surface area contributed by atoms with E-state index >= 15 is 0 Å². The molecule has 180 valence electrons. The standard InChI is InChI=1S/C29H29O5P/c1-4-19(2)34-35(30,31)29-24(28-23-13-9-8-10-20(23)14-15-26(28)32-3)16-22-17-33-18-25(22)27(29)21-11-6-5-7-12-21/h5-16,19H,4,17-18H2,1-3H3,(H,30,31). The lowest BCUT2D eigenvalue weighted by Gasteiger charge is -2.25. The van der Waals surface area contributed by atoms with Gasteiger partial charge in [-0.1, -0.05) is 67.6 Å². The Morgan fingerprint density at radius 3 is 2.49 bits per heavy atom. The SMILES string of the molecule is CCC(C)OP(=O)(O)c1c(-c2c(OC)ccc3ccccc23)cc2c(c1-c1ccccc1)COC2. The molecule has 0 spiro atoms. The summed E-state index contributed by atoms with van der Waals surface area (Å²) < 4.78 is 31.7. The van der Waals surface area contributed by atoms with Crippen LogP contribution in [-0.2, 0) is 27.0 Å². The van der Waals surface area contributed by atoms with Crippen LogP contribution in [0, 0.1) is 0 Å². The Bertz CT molecular complexity index is 1430. The van der Waals surface area contributed by atoms with Crippen molar-refractivity contribution >= 4 is 23.7 Å². The molecule has 5 nitrogen and oxygen atoms in total. The van der Waals surface area contributed by atoms with Gasteiger partial charge in [0.25, 0.3) is 0 Å². The molecule has 0 saturated heterocycles. The van der Waals surface area contributed by atoms with Crippen LogP contribution in [0.1, 0.15) is 31.4 Å². The van der Waals surface area contributed by atoms with Gasteiger partial charge in [0.15, 0.2) is 0 Å². The van der Waals surface area contributed by atoms with Crippen molar-refractivity contribution in [1.82, 2.24) is 0 Å². The monoisotopic (exact) mass is 488 g/mol. The summed E-state index contributed by atoms with van der Waals surface area (Å²) in [5, 5.41) is 2.25. The fourth-order valence-corrected chi connectivity index (χ4v) is 6.56. The van der Waals surface area contributed by atoms with E-state index in [1.807, 2.05) is 86.6 Å². The van der Waals surface area contributed by atoms with E-state index in [2.05, 4.69) is 0 Å². The highest BCUT2D eigenvalue weighted by molar-refractivity contribution is 7.62. The fraction of sp³-hybridized carbons (Fsp3) is 0.241. The lowest BCUT2D eigenvalue weighted by Crippen LogP contribution is -2.19. The molecule has 4 aromatic carbocycles. The first-order valence-electron chi connectivity index (χ1n) is 11.8. The number of ether oxygens (including phenoxy) is 2. The predicted octanol–water partition coefficient (Wildman–Crippen LogP) is 6.84. The highest BCUT2D eigenvalue weighted by Crippen LogP contribution is 2.52. The van der Waals surface area contributed by atoms with Crippen molar-refractivity contribution < 1.29 is 23.5 Å². The summed E-state index contributed by atoms with van der Waals surface area (Å²) >= 11 is 0. The van der Waals surface area contributed by atoms with Crippen LogP contribution in [0.4, 0.5) is 0 Å². The Balaban J connectivity index is 1.94. The molecule has 1 aliphatic heterocycles. The zero-order valence-corrected chi connectivity index (χ0v) is 21.0. The average Bonchev–Trinajstić information content (AvgIpc) is 3.35. The number of hydrogen-bond acceptors (Lipinski definition) is 4. The Hall–Kier alpha value is -2.95. The first-order chi connectivity index (χ1) is 16.9. The number of benzene rings is 4. The highest BCUT2D eigenvalue weighted by Gasteiger charge is 2.37. The summed E-state index contributed by atoms with van der Waals surface area (Å²) in [7, 11) is -2.65. The van der Waals surface area contributed by atoms with Crippen molar-refractivity contribution in [3.05, 3.63) is 83.9 Å². The maximum Gasteiger partial charge on any atom is 0.360 e. The van der Waals surface area contributed by atoms with Crippen molar-refractivity contribution in [3.63, 3.8) is 0 Å². The number of fused-ring (bicyclic) bond motifs is 2. The first-order valence-corrected chi connectivity index (χ1v) is 13.4. The second-order valence-corrected chi connectivity index (χ2v) is 10.6. The van der Waals surface area contributed by atoms with Gasteiger partial charge in [0, 0.05) is 16.7 Å². The molecule has 2 unspecified atom stereocenters. The van der Waals surface area contributed by atoms with Crippen molar-refractivity contribution in [2.24, 2.45) is 0 Å². The molecule has 0 aromatic heterocycles. The van der Waals surface area contributed by atoms with Gasteiger partial charge in [0.05, 0.1) is 31.7 Å². The van der Waals surface area contributed by atoms with Crippen LogP contribution in [0.5, 0.6) is 5.75 Å². The molecule has 0 aliphatic carbocycles. The molecule has 0 radical (unpaired) electrons. The zero-order chi connectivity index (χ0) is 24.6. The van der Waals surface area contributed by atoms with Crippen molar-refractivity contribution in [3.8, 4) is 28.0 Å². The topological polar surface area (TPSA) is 65.0 Å². The molecule has 0 fully saturated rings. The fourth-order valence-electron chi connectivity index (χ4n) is 4.80. The van der Waals surface area contributed by atoms with Crippen LogP contribution in [0.2, 0.25) is 0 Å². The summed E-state index contributed by atoms with van der Waals surface area (Å²) in [4.78, 5) is 11.6. The Kier molecular flexibility index (Phi) is 6.52. The number of rotatable bonds is 7. The molecule has 35 heavy (non-hydrogen) atoms. The third-order valence-corrected chi connectivity index (χ3v) is 8.30. The third-order valence-electron chi connectivity index (χ3n) is 6.63. The van der Waals surface area contributed by atoms with E-state index < -0.39 is 7.60 Å². The lowest BCUT2D eigenvalue weighted by atomic mass is 9.89. The highest BCUT2D eigenvalue weighted by atomic mass is 31.2. The number of hydrogen-bond donors (Lipinski definition) is 1. The van der Waals surface area contributed by atoms with E-state index in [1.54, 1.807) is 7.11 Å². The molecule has 1 N–H and O–H groups in total. The van der Waals surface area contributed by atoms with Gasteiger partial charge in [0.2, 0.25) is 0 Å². The lowest BCUT2D eigenvalue weighted by molar-refractivity contribution is 0.134. The average molecular weight is 489 g/mol. The molecule has 0 amide bonds. The summed E-state index contributed by atoms with van der Waals surface area (Å²) in [6.07, 6.45) is 0.230. The van der Waals surface area contributed by atoms with Crippen LogP contribution < -0.4 is 10.0 Å². The van der Waals surface area contributed by atoms with Gasteiger partial charge in [-0.25, -0.2) is 0 Å². The maximum atomic E-state index is 14.2. The van der Waals surface area contributed by atoms with Gasteiger partial charge < -0.3 is 18.9 Å². The molecular weight excluding hydrogens is 459 g/mol. The largest absolute Gasteiger partial charge is 0.496 e. The van der Waals surface area contributed by atoms with Gasteiger partial charge in [-0.2, -0.15) is 0 Å². The van der Waals surface area contributed by atoms with E-state index in [1.165, 1.54) is 0 Å². The van der Waals surface area contributed by atoms with Crippen molar-refractivity contribution in [2.75, 3.05) is 7.11 Å². The van der Waals surface area contributed by atoms with Crippen molar-refractivity contribution in [1.29, 1.82) is 0 Å². The smallest absolute Gasteiger partial charge is 0.360 e. The van der Waals surface area contributed by atoms with E-state index in [4.69, 9.17) is 14.0 Å². The van der Waals surface area contributed by atoms with Crippen LogP contribution in [0.15, 0.2) is 72.8 Å². The van der Waals surface area contributed by atoms with Crippen molar-refractivity contribution in [2.45, 2.75) is 39.6 Å². The van der Waals surface area contributed by atoms with Gasteiger partial charge >= 0.3 is 7.60 Å². The number of methoxy groups -OCH3 is 1. The van der Waals surface area contributed by atoms with Crippen LogP contribution in [0.3, 0.4) is 0 Å². The Morgan fingerprint density at radius 2 is 1.74 bits per heavy atom. The zero-order valence-electron chi connectivity index (χ0n) is 20.2. The molecule has 6 heteroatoms. The van der Waals surface area contributed by atoms with E-state index in [0.717, 1.165) is 33.0 Å². The summed E-state index contributed by atoms with van der Waals surface area (Å²) in [5.41, 5.74) is 4.90. The Morgan fingerprint density at radius 1 is 1.00 bits per heavy atom. The predicted molar refractivity (Wildman–Crippen MR) is 140 cm³/mol. The molecule has 1 aliphatic rings. The quantitative estimate of drug-likeness (QED) is 0.289. The van der Waals surface area contributed by atoms with E-state index in [0.29, 0.717) is 41.8 Å². The maximum absolute atomic E-state index is 14.2. The van der Waals surface area contributed by atoms with Gasteiger partial charge in [-0.3, -0.25) is 4.57 Å². The molecule has 0 saturated carbocycles. The normalized spacial score (nSPS) is 15.5. The molecular formula is C29H29O5P. The molecule has 2 atom stereocenters. The van der Waals surface area contributed by atoms with Crippen LogP contribution in [-0.4, -0.2) is 18.1 Å². The Labute approximate surface area is 205 Å². The third kappa shape index (κ3) is 4.30. The minimum Gasteiger partial charge on any atom is -0.496 e. The summed E-state index contributed by atoms with van der Waals surface area (Å²) in [6.45, 7) is 4.58. The second kappa shape index (κ2) is 9.60.